The van der Waals surface area contributed by atoms with Crippen molar-refractivity contribution >= 4 is 0 Å². The van der Waals surface area contributed by atoms with Gasteiger partial charge in [0.05, 0.1) is 18.8 Å². The Labute approximate surface area is 108 Å². The second-order valence-corrected chi connectivity index (χ2v) is 5.90. The van der Waals surface area contributed by atoms with E-state index in [0.717, 1.165) is 58.7 Å². The predicted octanol–water partition coefficient (Wildman–Crippen LogP) is 0.440. The molecule has 5 heteroatoms. The molecule has 0 aromatic carbocycles. The lowest BCUT2D eigenvalue weighted by Gasteiger charge is -2.41. The minimum Gasteiger partial charge on any atom is -0.381 e. The average Bonchev–Trinajstić information content (AvgIpc) is 3.03. The molecule has 3 aliphatic rings. The van der Waals surface area contributed by atoms with Crippen LogP contribution in [0.25, 0.3) is 0 Å². The van der Waals surface area contributed by atoms with E-state index < -0.39 is 0 Å². The van der Waals surface area contributed by atoms with E-state index in [1.54, 1.807) is 0 Å². The molecular weight excluding hydrogens is 232 g/mol. The van der Waals surface area contributed by atoms with Crippen molar-refractivity contribution in [2.45, 2.75) is 37.3 Å². The maximum absolute atomic E-state index is 5.99. The van der Waals surface area contributed by atoms with Crippen molar-refractivity contribution in [2.75, 3.05) is 33.0 Å². The van der Waals surface area contributed by atoms with Crippen LogP contribution < -0.4 is 11.3 Å². The molecule has 0 aliphatic carbocycles. The van der Waals surface area contributed by atoms with Crippen LogP contribution in [0.2, 0.25) is 0 Å². The van der Waals surface area contributed by atoms with E-state index in [9.17, 15) is 0 Å². The van der Waals surface area contributed by atoms with Gasteiger partial charge in [0, 0.05) is 38.2 Å². The van der Waals surface area contributed by atoms with Crippen LogP contribution >= 0.6 is 0 Å². The Balaban J connectivity index is 1.66. The molecule has 4 atom stereocenters. The Morgan fingerprint density at radius 1 is 1.11 bits per heavy atom. The van der Waals surface area contributed by atoms with Crippen molar-refractivity contribution in [3.8, 4) is 0 Å². The van der Waals surface area contributed by atoms with Gasteiger partial charge in [-0.3, -0.25) is 11.3 Å². The topological polar surface area (TPSA) is 65.7 Å². The Bertz CT molecular complexity index is 275. The highest BCUT2D eigenvalue weighted by Gasteiger charge is 2.44. The first-order valence-electron chi connectivity index (χ1n) is 7.09. The predicted molar refractivity (Wildman–Crippen MR) is 66.9 cm³/mol. The van der Waals surface area contributed by atoms with Crippen LogP contribution in [0.4, 0.5) is 0 Å². The van der Waals surface area contributed by atoms with E-state index in [1.165, 1.54) is 0 Å². The molecule has 3 saturated heterocycles. The quantitative estimate of drug-likeness (QED) is 0.566. The van der Waals surface area contributed by atoms with Crippen molar-refractivity contribution < 1.29 is 14.2 Å². The first kappa shape index (κ1) is 12.8. The lowest BCUT2D eigenvalue weighted by Crippen LogP contribution is -2.52. The smallest absolute Gasteiger partial charge is 0.0939 e. The van der Waals surface area contributed by atoms with Crippen LogP contribution in [-0.4, -0.2) is 44.7 Å². The lowest BCUT2D eigenvalue weighted by molar-refractivity contribution is -0.106. The second kappa shape index (κ2) is 5.43. The van der Waals surface area contributed by atoms with Crippen LogP contribution in [0.1, 0.15) is 25.7 Å². The maximum Gasteiger partial charge on any atom is 0.0939 e. The van der Waals surface area contributed by atoms with Crippen molar-refractivity contribution in [1.29, 1.82) is 0 Å². The van der Waals surface area contributed by atoms with Gasteiger partial charge in [0.1, 0.15) is 0 Å². The number of hydrazine groups is 1. The molecule has 5 nitrogen and oxygen atoms in total. The van der Waals surface area contributed by atoms with Gasteiger partial charge in [0.15, 0.2) is 0 Å². The summed E-state index contributed by atoms with van der Waals surface area (Å²) < 4.78 is 17.0. The molecule has 104 valence electrons. The molecule has 3 fully saturated rings. The molecule has 0 radical (unpaired) electrons. The van der Waals surface area contributed by atoms with E-state index in [2.05, 4.69) is 5.43 Å². The summed E-state index contributed by atoms with van der Waals surface area (Å²) in [6.45, 7) is 4.14. The van der Waals surface area contributed by atoms with Crippen LogP contribution in [0.15, 0.2) is 0 Å². The summed E-state index contributed by atoms with van der Waals surface area (Å²) in [5.41, 5.74) is 3.01. The van der Waals surface area contributed by atoms with Crippen LogP contribution in [0.3, 0.4) is 0 Å². The molecule has 3 heterocycles. The highest BCUT2D eigenvalue weighted by molar-refractivity contribution is 4.95. The molecule has 3 rings (SSSR count). The van der Waals surface area contributed by atoms with Crippen LogP contribution in [0, 0.1) is 11.8 Å². The maximum atomic E-state index is 5.99. The Kier molecular flexibility index (Phi) is 3.86. The molecule has 0 saturated carbocycles. The summed E-state index contributed by atoms with van der Waals surface area (Å²) in [5.74, 6) is 6.93. The molecule has 0 aromatic heterocycles. The highest BCUT2D eigenvalue weighted by Crippen LogP contribution is 2.39. The molecule has 3 N–H and O–H groups in total. The molecule has 0 amide bonds. The largest absolute Gasteiger partial charge is 0.381 e. The van der Waals surface area contributed by atoms with E-state index in [-0.39, 0.29) is 5.60 Å². The third-order valence-corrected chi connectivity index (χ3v) is 4.77. The summed E-state index contributed by atoms with van der Waals surface area (Å²) in [7, 11) is 0. The van der Waals surface area contributed by atoms with Gasteiger partial charge in [0.25, 0.3) is 0 Å². The standard InChI is InChI=1S/C13H24N2O3/c14-15-12(11-1-4-16-8-11)10-2-5-18-13(7-10)3-6-17-9-13/h10-12,15H,1-9,14H2. The minimum absolute atomic E-state index is 0.0303. The molecule has 3 aliphatic heterocycles. The van der Waals surface area contributed by atoms with Gasteiger partial charge in [-0.1, -0.05) is 0 Å². The number of hydrogen-bond donors (Lipinski definition) is 2. The SMILES string of the molecule is NNC(C1CCOC1)C1CCOC2(CCOC2)C1. The minimum atomic E-state index is -0.0303. The number of nitrogens with one attached hydrogen (secondary N) is 1. The van der Waals surface area contributed by atoms with E-state index in [0.29, 0.717) is 17.9 Å². The fourth-order valence-corrected chi connectivity index (χ4v) is 3.73. The molecule has 0 aromatic rings. The fraction of sp³-hybridized carbons (Fsp3) is 1.00. The van der Waals surface area contributed by atoms with Crippen LogP contribution in [-0.2, 0) is 14.2 Å². The van der Waals surface area contributed by atoms with Gasteiger partial charge in [0.2, 0.25) is 0 Å². The van der Waals surface area contributed by atoms with Gasteiger partial charge in [-0.2, -0.15) is 0 Å². The number of ether oxygens (including phenoxy) is 3. The van der Waals surface area contributed by atoms with E-state index in [4.69, 9.17) is 20.1 Å². The first-order chi connectivity index (χ1) is 8.83. The molecule has 18 heavy (non-hydrogen) atoms. The lowest BCUT2D eigenvalue weighted by atomic mass is 9.77. The zero-order chi connectivity index (χ0) is 12.4. The molecule has 1 spiro atoms. The Hall–Kier alpha value is -0.200. The van der Waals surface area contributed by atoms with Crippen LogP contribution in [0.5, 0.6) is 0 Å². The van der Waals surface area contributed by atoms with Gasteiger partial charge in [-0.15, -0.1) is 0 Å². The summed E-state index contributed by atoms with van der Waals surface area (Å²) in [4.78, 5) is 0. The molecule has 0 bridgehead atoms. The second-order valence-electron chi connectivity index (χ2n) is 5.90. The van der Waals surface area contributed by atoms with Crippen molar-refractivity contribution in [3.63, 3.8) is 0 Å². The Morgan fingerprint density at radius 2 is 2.00 bits per heavy atom. The zero-order valence-electron chi connectivity index (χ0n) is 10.9. The van der Waals surface area contributed by atoms with Gasteiger partial charge >= 0.3 is 0 Å². The first-order valence-corrected chi connectivity index (χ1v) is 7.09. The zero-order valence-corrected chi connectivity index (χ0v) is 10.9. The number of hydrogen-bond acceptors (Lipinski definition) is 5. The van der Waals surface area contributed by atoms with Crippen molar-refractivity contribution in [2.24, 2.45) is 17.7 Å². The monoisotopic (exact) mass is 256 g/mol. The third-order valence-electron chi connectivity index (χ3n) is 4.77. The molecule has 4 unspecified atom stereocenters. The van der Waals surface area contributed by atoms with Crippen molar-refractivity contribution in [1.82, 2.24) is 5.43 Å². The third kappa shape index (κ3) is 2.42. The number of rotatable bonds is 3. The summed E-state index contributed by atoms with van der Waals surface area (Å²) >= 11 is 0. The molecular formula is C13H24N2O3. The van der Waals surface area contributed by atoms with Gasteiger partial charge in [-0.25, -0.2) is 0 Å². The number of nitrogens with two attached hydrogens (primary N) is 1. The van der Waals surface area contributed by atoms with Gasteiger partial charge in [-0.05, 0) is 25.2 Å². The summed E-state index contributed by atoms with van der Waals surface area (Å²) in [6, 6.07) is 0.355. The van der Waals surface area contributed by atoms with E-state index >= 15 is 0 Å². The van der Waals surface area contributed by atoms with Gasteiger partial charge < -0.3 is 14.2 Å². The summed E-state index contributed by atoms with van der Waals surface area (Å²) in [6.07, 6.45) is 4.31. The van der Waals surface area contributed by atoms with E-state index in [1.807, 2.05) is 0 Å². The fourth-order valence-electron chi connectivity index (χ4n) is 3.73. The van der Waals surface area contributed by atoms with Crippen molar-refractivity contribution in [3.05, 3.63) is 0 Å². The highest BCUT2D eigenvalue weighted by atomic mass is 16.6. The Morgan fingerprint density at radius 3 is 2.67 bits per heavy atom. The average molecular weight is 256 g/mol. The normalized spacial score (nSPS) is 42.5. The summed E-state index contributed by atoms with van der Waals surface area (Å²) in [5, 5.41) is 0.